The third-order valence-electron chi connectivity index (χ3n) is 1.56. The second kappa shape index (κ2) is 3.02. The van der Waals surface area contributed by atoms with Crippen LogP contribution < -0.4 is 5.32 Å². The molecule has 9 heavy (non-hydrogen) atoms. The molecule has 0 unspecified atom stereocenters. The molecular weight excluding hydrogens is 110 g/mol. The van der Waals surface area contributed by atoms with Gasteiger partial charge >= 0.3 is 0 Å². The highest BCUT2D eigenvalue weighted by Gasteiger charge is 2.19. The first-order valence-electron chi connectivity index (χ1n) is 3.64. The summed E-state index contributed by atoms with van der Waals surface area (Å²) in [4.78, 5) is 0. The van der Waals surface area contributed by atoms with Gasteiger partial charge in [-0.2, -0.15) is 0 Å². The molecule has 0 atom stereocenters. The van der Waals surface area contributed by atoms with E-state index in [2.05, 4.69) is 18.8 Å². The molecule has 1 heteroatoms. The van der Waals surface area contributed by atoms with Gasteiger partial charge in [0, 0.05) is 6.54 Å². The van der Waals surface area contributed by atoms with Crippen molar-refractivity contribution in [2.45, 2.75) is 19.8 Å². The van der Waals surface area contributed by atoms with Gasteiger partial charge < -0.3 is 5.32 Å². The summed E-state index contributed by atoms with van der Waals surface area (Å²) >= 11 is 0. The van der Waals surface area contributed by atoms with Crippen LogP contribution >= 0.6 is 0 Å². The highest BCUT2D eigenvalue weighted by molar-refractivity contribution is 4.91. The van der Waals surface area contributed by atoms with Gasteiger partial charge in [0.2, 0.25) is 0 Å². The molecule has 0 aromatic rings. The Morgan fingerprint density at radius 2 is 2.33 bits per heavy atom. The number of nitrogens with one attached hydrogen (secondary N) is 1. The van der Waals surface area contributed by atoms with Gasteiger partial charge in [0.05, 0.1) is 0 Å². The molecule has 0 aromatic heterocycles. The molecule has 1 saturated carbocycles. The molecule has 0 bridgehead atoms. The molecule has 1 fully saturated rings. The van der Waals surface area contributed by atoms with E-state index in [0.29, 0.717) is 0 Å². The van der Waals surface area contributed by atoms with E-state index in [1.165, 1.54) is 25.0 Å². The maximum absolute atomic E-state index is 3.81. The Balaban J connectivity index is 1.86. The van der Waals surface area contributed by atoms with Crippen molar-refractivity contribution in [3.63, 3.8) is 0 Å². The van der Waals surface area contributed by atoms with Crippen LogP contribution in [0.15, 0.2) is 12.2 Å². The van der Waals surface area contributed by atoms with Crippen molar-refractivity contribution in [1.82, 2.24) is 5.32 Å². The fraction of sp³-hybridized carbons (Fsp3) is 0.750. The average Bonchev–Trinajstić information content (AvgIpc) is 2.48. The summed E-state index contributed by atoms with van der Waals surface area (Å²) in [5.74, 6) is 0.990. The number of hydrogen-bond donors (Lipinski definition) is 1. The number of rotatable bonds is 4. The lowest BCUT2D eigenvalue weighted by Gasteiger charge is -2.00. The van der Waals surface area contributed by atoms with Crippen LogP contribution in [0.25, 0.3) is 0 Å². The lowest BCUT2D eigenvalue weighted by Crippen LogP contribution is -2.18. The van der Waals surface area contributed by atoms with E-state index >= 15 is 0 Å². The monoisotopic (exact) mass is 125 g/mol. The molecule has 0 radical (unpaired) electrons. The van der Waals surface area contributed by atoms with Gasteiger partial charge in [-0.05, 0) is 32.2 Å². The summed E-state index contributed by atoms with van der Waals surface area (Å²) in [7, 11) is 0. The summed E-state index contributed by atoms with van der Waals surface area (Å²) in [6.07, 6.45) is 2.87. The zero-order valence-electron chi connectivity index (χ0n) is 6.11. The first-order chi connectivity index (χ1) is 4.29. The van der Waals surface area contributed by atoms with E-state index < -0.39 is 0 Å². The van der Waals surface area contributed by atoms with Gasteiger partial charge in [-0.15, -0.1) is 0 Å². The lowest BCUT2D eigenvalue weighted by atomic mass is 10.3. The zero-order valence-corrected chi connectivity index (χ0v) is 6.11. The molecule has 52 valence electrons. The van der Waals surface area contributed by atoms with Crippen LogP contribution in [0.1, 0.15) is 19.8 Å². The Morgan fingerprint density at radius 1 is 1.67 bits per heavy atom. The van der Waals surface area contributed by atoms with E-state index in [1.54, 1.807) is 0 Å². The lowest BCUT2D eigenvalue weighted by molar-refractivity contribution is 0.672. The highest BCUT2D eigenvalue weighted by Crippen LogP contribution is 2.27. The smallest absolute Gasteiger partial charge is 0.0159 e. The quantitative estimate of drug-likeness (QED) is 0.562. The minimum Gasteiger partial charge on any atom is -0.313 e. The molecule has 1 aliphatic rings. The minimum absolute atomic E-state index is 0.990. The van der Waals surface area contributed by atoms with Crippen molar-refractivity contribution in [3.8, 4) is 0 Å². The van der Waals surface area contributed by atoms with E-state index in [1.807, 2.05) is 0 Å². The fourth-order valence-electron chi connectivity index (χ4n) is 0.812. The van der Waals surface area contributed by atoms with Crippen molar-refractivity contribution in [3.05, 3.63) is 12.2 Å². The molecule has 0 aliphatic heterocycles. The summed E-state index contributed by atoms with van der Waals surface area (Å²) in [5.41, 5.74) is 1.23. The van der Waals surface area contributed by atoms with Crippen LogP contribution in [0.2, 0.25) is 0 Å². The first-order valence-corrected chi connectivity index (χ1v) is 3.64. The minimum atomic E-state index is 0.990. The molecule has 0 amide bonds. The zero-order chi connectivity index (χ0) is 6.69. The Kier molecular flexibility index (Phi) is 2.29. The predicted octanol–water partition coefficient (Wildman–Crippen LogP) is 1.56. The number of hydrogen-bond acceptors (Lipinski definition) is 1. The van der Waals surface area contributed by atoms with E-state index in [0.717, 1.165) is 12.5 Å². The van der Waals surface area contributed by atoms with Gasteiger partial charge in [0.1, 0.15) is 0 Å². The maximum atomic E-state index is 3.81. The highest BCUT2D eigenvalue weighted by atomic mass is 14.9. The van der Waals surface area contributed by atoms with Gasteiger partial charge in [-0.3, -0.25) is 0 Å². The van der Waals surface area contributed by atoms with E-state index in [-0.39, 0.29) is 0 Å². The maximum Gasteiger partial charge on any atom is 0.0159 e. The van der Waals surface area contributed by atoms with Crippen molar-refractivity contribution in [2.24, 2.45) is 5.92 Å². The van der Waals surface area contributed by atoms with Crippen LogP contribution in [-0.4, -0.2) is 13.1 Å². The largest absolute Gasteiger partial charge is 0.313 e. The van der Waals surface area contributed by atoms with Crippen LogP contribution in [-0.2, 0) is 0 Å². The normalized spacial score (nSPS) is 17.9. The van der Waals surface area contributed by atoms with Gasteiger partial charge in [0.25, 0.3) is 0 Å². The molecule has 1 N–H and O–H groups in total. The van der Waals surface area contributed by atoms with E-state index in [9.17, 15) is 0 Å². The van der Waals surface area contributed by atoms with Gasteiger partial charge in [-0.1, -0.05) is 12.2 Å². The van der Waals surface area contributed by atoms with Gasteiger partial charge in [0.15, 0.2) is 0 Å². The van der Waals surface area contributed by atoms with Crippen LogP contribution in [0.3, 0.4) is 0 Å². The Bertz CT molecular complexity index is 103. The third-order valence-corrected chi connectivity index (χ3v) is 1.56. The molecule has 0 spiro atoms. The fourth-order valence-corrected chi connectivity index (χ4v) is 0.812. The summed E-state index contributed by atoms with van der Waals surface area (Å²) < 4.78 is 0. The van der Waals surface area contributed by atoms with Crippen LogP contribution in [0, 0.1) is 5.92 Å². The van der Waals surface area contributed by atoms with Crippen molar-refractivity contribution in [2.75, 3.05) is 13.1 Å². The summed E-state index contributed by atoms with van der Waals surface area (Å²) in [6, 6.07) is 0. The summed E-state index contributed by atoms with van der Waals surface area (Å²) in [5, 5.41) is 3.35. The van der Waals surface area contributed by atoms with Crippen molar-refractivity contribution >= 4 is 0 Å². The Labute approximate surface area is 57.1 Å². The van der Waals surface area contributed by atoms with Gasteiger partial charge in [-0.25, -0.2) is 0 Å². The molecule has 0 heterocycles. The SMILES string of the molecule is C=C(C)CNCC1CC1. The third kappa shape index (κ3) is 3.31. The topological polar surface area (TPSA) is 12.0 Å². The Morgan fingerprint density at radius 3 is 2.78 bits per heavy atom. The molecule has 1 rings (SSSR count). The average molecular weight is 125 g/mol. The molecular formula is C8H15N. The molecule has 1 aliphatic carbocycles. The molecule has 0 aromatic carbocycles. The van der Waals surface area contributed by atoms with Crippen LogP contribution in [0.5, 0.6) is 0 Å². The van der Waals surface area contributed by atoms with Crippen molar-refractivity contribution in [1.29, 1.82) is 0 Å². The second-order valence-electron chi connectivity index (χ2n) is 3.03. The predicted molar refractivity (Wildman–Crippen MR) is 40.4 cm³/mol. The van der Waals surface area contributed by atoms with Crippen molar-refractivity contribution < 1.29 is 0 Å². The first kappa shape index (κ1) is 6.81. The Hall–Kier alpha value is -0.300. The van der Waals surface area contributed by atoms with Crippen LogP contribution in [0.4, 0.5) is 0 Å². The van der Waals surface area contributed by atoms with E-state index in [4.69, 9.17) is 0 Å². The standard InChI is InChI=1S/C8H15N/c1-7(2)5-9-6-8-3-4-8/h8-9H,1,3-6H2,2H3. The molecule has 0 saturated heterocycles. The second-order valence-corrected chi connectivity index (χ2v) is 3.03. The summed E-state index contributed by atoms with van der Waals surface area (Å²) in [6.45, 7) is 8.06. The molecule has 1 nitrogen and oxygen atoms in total.